The van der Waals surface area contributed by atoms with E-state index in [1.54, 1.807) is 0 Å². The van der Waals surface area contributed by atoms with Gasteiger partial charge in [-0.1, -0.05) is 217 Å². The van der Waals surface area contributed by atoms with E-state index in [4.69, 9.17) is 11.6 Å². The van der Waals surface area contributed by atoms with E-state index in [0.717, 1.165) is 5.02 Å². The molecule has 0 spiro atoms. The van der Waals surface area contributed by atoms with E-state index in [2.05, 4.69) is 213 Å². The first-order valence-corrected chi connectivity index (χ1v) is 19.2. The topological polar surface area (TPSA) is 0 Å². The zero-order valence-corrected chi connectivity index (χ0v) is 35.7. The van der Waals surface area contributed by atoms with E-state index in [1.165, 1.54) is 60.5 Å². The number of benzene rings is 6. The zero-order chi connectivity index (χ0) is 39.1. The second kappa shape index (κ2) is 18.4. The minimum atomic E-state index is 0. The lowest BCUT2D eigenvalue weighted by Crippen LogP contribution is -2.12. The van der Waals surface area contributed by atoms with Crippen molar-refractivity contribution in [3.8, 4) is 0 Å². The van der Waals surface area contributed by atoms with Gasteiger partial charge in [0.05, 0.1) is 0 Å². The molecule has 6 rings (SSSR count). The number of fused-ring (bicyclic) bond motifs is 2. The molecule has 0 saturated heterocycles. The molecule has 53 heavy (non-hydrogen) atoms. The van der Waals surface area contributed by atoms with Crippen LogP contribution in [0.2, 0.25) is 5.02 Å². The van der Waals surface area contributed by atoms with E-state index in [1.807, 2.05) is 12.1 Å². The fourth-order valence-corrected chi connectivity index (χ4v) is 7.19. The minimum absolute atomic E-state index is 0. The van der Waals surface area contributed by atoms with Gasteiger partial charge in [0.15, 0.2) is 0 Å². The molecule has 0 heterocycles. The maximum absolute atomic E-state index is 6.27. The largest absolute Gasteiger partial charge is 0.0837 e. The summed E-state index contributed by atoms with van der Waals surface area (Å²) in [7, 11) is 0. The normalized spacial score (nSPS) is 11.6. The Hall–Kier alpha value is -3.87. The van der Waals surface area contributed by atoms with Gasteiger partial charge in [-0.05, 0) is 104 Å². The van der Waals surface area contributed by atoms with Crippen LogP contribution in [0.5, 0.6) is 0 Å². The van der Waals surface area contributed by atoms with E-state index < -0.39 is 0 Å². The van der Waals surface area contributed by atoms with Gasteiger partial charge in [-0.3, -0.25) is 0 Å². The standard InChI is InChI=1S/C15H18.C14H15Cl.2C11H16.CH4/c1-11-7-5-8-12-9-6-10-13(14(11)12)15(2,3)4;1-14(2,3)11-8-4-6-10-7-5-9-12(15)13(10)11;2*1-9-7-5-6-8-10(9)11(2,3)4;/h5-10H,1-4H3;4-9H,1-3H3;2*5-8H,1-4H3;1H4. The van der Waals surface area contributed by atoms with E-state index in [0.29, 0.717) is 0 Å². The van der Waals surface area contributed by atoms with Crippen molar-refractivity contribution < 1.29 is 0 Å². The number of aryl methyl sites for hydroxylation is 3. The smallest absolute Gasteiger partial charge is 0.0487 e. The van der Waals surface area contributed by atoms with Gasteiger partial charge in [-0.15, -0.1) is 0 Å². The first-order chi connectivity index (χ1) is 24.0. The molecule has 0 bridgehead atoms. The summed E-state index contributed by atoms with van der Waals surface area (Å²) in [5, 5.41) is 6.03. The number of hydrogen-bond acceptors (Lipinski definition) is 0. The average molecular weight is 730 g/mol. The molecule has 0 N–H and O–H groups in total. The van der Waals surface area contributed by atoms with Crippen LogP contribution in [-0.4, -0.2) is 0 Å². The maximum atomic E-state index is 6.27. The molecule has 0 amide bonds. The molecule has 0 aliphatic heterocycles. The molecule has 284 valence electrons. The van der Waals surface area contributed by atoms with Gasteiger partial charge in [0, 0.05) is 10.4 Å². The highest BCUT2D eigenvalue weighted by molar-refractivity contribution is 6.35. The van der Waals surface area contributed by atoms with Crippen molar-refractivity contribution in [2.75, 3.05) is 0 Å². The molecular formula is C52H69Cl. The van der Waals surface area contributed by atoms with Crippen LogP contribution in [0.4, 0.5) is 0 Å². The van der Waals surface area contributed by atoms with Gasteiger partial charge in [-0.25, -0.2) is 0 Å². The molecule has 0 nitrogen and oxygen atoms in total. The molecule has 0 unspecified atom stereocenters. The summed E-state index contributed by atoms with van der Waals surface area (Å²) in [6.07, 6.45) is 0. The number of rotatable bonds is 0. The molecule has 0 aliphatic carbocycles. The fourth-order valence-electron chi connectivity index (χ4n) is 6.90. The van der Waals surface area contributed by atoms with Crippen LogP contribution in [0.1, 0.15) is 129 Å². The lowest BCUT2D eigenvalue weighted by Gasteiger charge is -2.22. The summed E-state index contributed by atoms with van der Waals surface area (Å²) in [5.41, 5.74) is 10.7. The first kappa shape index (κ1) is 45.3. The SMILES string of the molecule is C.CC(C)(C)c1cccc2cccc(Cl)c12.Cc1cccc2cccc(C(C)(C)C)c12.Cc1ccccc1C(C)(C)C.Cc1ccccc1C(C)(C)C. The Labute approximate surface area is 330 Å². The van der Waals surface area contributed by atoms with Gasteiger partial charge < -0.3 is 0 Å². The predicted octanol–water partition coefficient (Wildman–Crippen LogP) is 16.5. The number of hydrogen-bond donors (Lipinski definition) is 0. The highest BCUT2D eigenvalue weighted by Crippen LogP contribution is 2.35. The summed E-state index contributed by atoms with van der Waals surface area (Å²) in [5.74, 6) is 0. The Bertz CT molecular complexity index is 1890. The molecule has 0 fully saturated rings. The Morgan fingerprint density at radius 3 is 0.962 bits per heavy atom. The summed E-state index contributed by atoms with van der Waals surface area (Å²) >= 11 is 6.27. The van der Waals surface area contributed by atoms with Crippen molar-refractivity contribution in [1.29, 1.82) is 0 Å². The second-order valence-electron chi connectivity index (χ2n) is 18.3. The molecule has 0 atom stereocenters. The van der Waals surface area contributed by atoms with Gasteiger partial charge in [0.2, 0.25) is 0 Å². The van der Waals surface area contributed by atoms with E-state index in [9.17, 15) is 0 Å². The highest BCUT2D eigenvalue weighted by Gasteiger charge is 2.19. The average Bonchev–Trinajstić information content (AvgIpc) is 3.04. The van der Waals surface area contributed by atoms with Crippen molar-refractivity contribution in [1.82, 2.24) is 0 Å². The summed E-state index contributed by atoms with van der Waals surface area (Å²) < 4.78 is 0. The van der Waals surface area contributed by atoms with E-state index in [-0.39, 0.29) is 29.1 Å². The van der Waals surface area contributed by atoms with Gasteiger partial charge in [0.1, 0.15) is 0 Å². The molecule has 0 aromatic heterocycles. The van der Waals surface area contributed by atoms with Crippen LogP contribution in [0, 0.1) is 20.8 Å². The zero-order valence-electron chi connectivity index (χ0n) is 34.9. The van der Waals surface area contributed by atoms with Crippen molar-refractivity contribution in [2.24, 2.45) is 0 Å². The lowest BCUT2D eigenvalue weighted by molar-refractivity contribution is 0.586. The molecule has 0 aliphatic rings. The fraction of sp³-hybridized carbons (Fsp3) is 0.385. The van der Waals surface area contributed by atoms with Crippen LogP contribution in [0.3, 0.4) is 0 Å². The third-order valence-electron chi connectivity index (χ3n) is 9.49. The Kier molecular flexibility index (Phi) is 15.8. The van der Waals surface area contributed by atoms with Crippen LogP contribution < -0.4 is 0 Å². The van der Waals surface area contributed by atoms with Gasteiger partial charge in [-0.2, -0.15) is 0 Å². The molecule has 6 aromatic rings. The Morgan fingerprint density at radius 1 is 0.321 bits per heavy atom. The summed E-state index contributed by atoms with van der Waals surface area (Å²) in [6.45, 7) is 33.5. The van der Waals surface area contributed by atoms with E-state index >= 15 is 0 Å². The second-order valence-corrected chi connectivity index (χ2v) is 18.7. The molecule has 1 heteroatoms. The van der Waals surface area contributed by atoms with Gasteiger partial charge in [0.25, 0.3) is 0 Å². The highest BCUT2D eigenvalue weighted by atomic mass is 35.5. The van der Waals surface area contributed by atoms with Crippen molar-refractivity contribution in [3.05, 3.63) is 165 Å². The number of halogens is 1. The van der Waals surface area contributed by atoms with Crippen LogP contribution >= 0.6 is 11.6 Å². The van der Waals surface area contributed by atoms with Crippen LogP contribution in [0.25, 0.3) is 21.5 Å². The Morgan fingerprint density at radius 2 is 0.604 bits per heavy atom. The van der Waals surface area contributed by atoms with Crippen LogP contribution in [0.15, 0.2) is 121 Å². The first-order valence-electron chi connectivity index (χ1n) is 18.8. The lowest BCUT2D eigenvalue weighted by atomic mass is 9.82. The monoisotopic (exact) mass is 729 g/mol. The molecule has 6 aromatic carbocycles. The maximum Gasteiger partial charge on any atom is 0.0487 e. The third-order valence-corrected chi connectivity index (χ3v) is 9.80. The van der Waals surface area contributed by atoms with Crippen molar-refractivity contribution >= 4 is 33.1 Å². The third kappa shape index (κ3) is 12.6. The molecule has 0 radical (unpaired) electrons. The van der Waals surface area contributed by atoms with Crippen molar-refractivity contribution in [2.45, 2.75) is 133 Å². The Balaban J connectivity index is 0.000000246. The minimum Gasteiger partial charge on any atom is -0.0837 e. The predicted molar refractivity (Wildman–Crippen MR) is 242 cm³/mol. The summed E-state index contributed by atoms with van der Waals surface area (Å²) in [4.78, 5) is 0. The van der Waals surface area contributed by atoms with Gasteiger partial charge >= 0.3 is 0 Å². The molecular weight excluding hydrogens is 660 g/mol. The summed E-state index contributed by atoms with van der Waals surface area (Å²) in [6, 6.07) is 42.7. The quantitative estimate of drug-likeness (QED) is 0.146. The van der Waals surface area contributed by atoms with Crippen LogP contribution in [-0.2, 0) is 21.7 Å². The molecule has 0 saturated carbocycles. The van der Waals surface area contributed by atoms with Crippen molar-refractivity contribution in [3.63, 3.8) is 0 Å².